The quantitative estimate of drug-likeness (QED) is 0.566. The van der Waals surface area contributed by atoms with E-state index < -0.39 is 6.36 Å². The summed E-state index contributed by atoms with van der Waals surface area (Å²) in [5.41, 5.74) is 0.960. The lowest BCUT2D eigenvalue weighted by Crippen LogP contribution is -2.39. The Balaban J connectivity index is 1.46. The molecule has 0 N–H and O–H groups in total. The number of carbonyl (C=O) groups is 1. The number of alkyl halides is 3. The summed E-state index contributed by atoms with van der Waals surface area (Å²) in [6.45, 7) is 0.915. The zero-order valence-electron chi connectivity index (χ0n) is 17.1. The summed E-state index contributed by atoms with van der Waals surface area (Å²) < 4.78 is 51.6. The second kappa shape index (κ2) is 8.89. The maximum Gasteiger partial charge on any atom is 0.573 e. The number of benzene rings is 2. The predicted octanol–water partition coefficient (Wildman–Crippen LogP) is 4.66. The number of hydrogen-bond acceptors (Lipinski definition) is 6. The molecule has 32 heavy (non-hydrogen) atoms. The van der Waals surface area contributed by atoms with E-state index in [1.807, 2.05) is 18.2 Å². The van der Waals surface area contributed by atoms with Crippen molar-refractivity contribution in [2.24, 2.45) is 0 Å². The Morgan fingerprint density at radius 1 is 1.16 bits per heavy atom. The average Bonchev–Trinajstić information content (AvgIpc) is 3.28. The number of nitrogens with zero attached hydrogens (tertiary/aromatic N) is 3. The predicted molar refractivity (Wildman–Crippen MR) is 107 cm³/mol. The van der Waals surface area contributed by atoms with Gasteiger partial charge < -0.3 is 18.9 Å². The van der Waals surface area contributed by atoms with Gasteiger partial charge in [-0.2, -0.15) is 4.98 Å². The number of aromatic nitrogens is 2. The van der Waals surface area contributed by atoms with Crippen molar-refractivity contribution in [2.45, 2.75) is 25.1 Å². The topological polar surface area (TPSA) is 77.7 Å². The summed E-state index contributed by atoms with van der Waals surface area (Å²) in [7, 11) is 1.56. The monoisotopic (exact) mass is 447 g/mol. The minimum atomic E-state index is -4.78. The summed E-state index contributed by atoms with van der Waals surface area (Å²) in [6, 6.07) is 12.2. The van der Waals surface area contributed by atoms with E-state index in [-0.39, 0.29) is 23.1 Å². The van der Waals surface area contributed by atoms with Crippen molar-refractivity contribution in [3.63, 3.8) is 0 Å². The van der Waals surface area contributed by atoms with Crippen LogP contribution in [0, 0.1) is 0 Å². The first-order valence-corrected chi connectivity index (χ1v) is 9.96. The molecule has 0 aliphatic carbocycles. The lowest BCUT2D eigenvalue weighted by Gasteiger charge is -2.31. The van der Waals surface area contributed by atoms with E-state index in [9.17, 15) is 18.0 Å². The second-order valence-electron chi connectivity index (χ2n) is 7.32. The fourth-order valence-corrected chi connectivity index (χ4v) is 3.69. The van der Waals surface area contributed by atoms with Gasteiger partial charge in [0.1, 0.15) is 11.5 Å². The van der Waals surface area contributed by atoms with Crippen LogP contribution in [-0.4, -0.2) is 47.5 Å². The molecule has 2 aromatic carbocycles. The number of hydrogen-bond donors (Lipinski definition) is 0. The number of rotatable bonds is 5. The molecular formula is C22H20F3N3O4. The molecule has 0 spiro atoms. The molecule has 2 heterocycles. The smallest absolute Gasteiger partial charge is 0.496 e. The standard InChI is InChI=1S/C22H20F3N3O4/c1-30-18-7-3-2-6-17(18)20-26-19(27-32-20)15-5-4-12-28(13-15)21(29)14-8-10-16(11-9-14)31-22(23,24)25/h2-3,6-11,15H,4-5,12-13H2,1H3/t15-/m0/s1. The van der Waals surface area contributed by atoms with Gasteiger partial charge in [0.15, 0.2) is 5.82 Å². The van der Waals surface area contributed by atoms with E-state index in [4.69, 9.17) is 9.26 Å². The number of ether oxygens (including phenoxy) is 2. The van der Waals surface area contributed by atoms with Crippen molar-refractivity contribution in [2.75, 3.05) is 20.2 Å². The summed E-state index contributed by atoms with van der Waals surface area (Å²) in [6.07, 6.45) is -3.25. The first-order chi connectivity index (χ1) is 15.3. The molecule has 7 nitrogen and oxygen atoms in total. The molecule has 0 unspecified atom stereocenters. The number of halogens is 3. The Morgan fingerprint density at radius 3 is 2.62 bits per heavy atom. The summed E-state index contributed by atoms with van der Waals surface area (Å²) >= 11 is 0. The normalized spacial score (nSPS) is 16.6. The maximum atomic E-state index is 12.9. The molecule has 168 valence electrons. The Morgan fingerprint density at radius 2 is 1.91 bits per heavy atom. The highest BCUT2D eigenvalue weighted by molar-refractivity contribution is 5.94. The van der Waals surface area contributed by atoms with Crippen LogP contribution in [0.25, 0.3) is 11.5 Å². The van der Waals surface area contributed by atoms with Gasteiger partial charge in [-0.25, -0.2) is 0 Å². The van der Waals surface area contributed by atoms with Gasteiger partial charge in [-0.3, -0.25) is 4.79 Å². The van der Waals surface area contributed by atoms with Gasteiger partial charge in [-0.05, 0) is 49.2 Å². The molecule has 10 heteroatoms. The van der Waals surface area contributed by atoms with Crippen molar-refractivity contribution in [1.82, 2.24) is 15.0 Å². The molecule has 4 rings (SSSR count). The number of carbonyl (C=O) groups excluding carboxylic acids is 1. The van der Waals surface area contributed by atoms with E-state index in [0.717, 1.165) is 25.0 Å². The van der Waals surface area contributed by atoms with Crippen LogP contribution in [0.3, 0.4) is 0 Å². The number of piperidine rings is 1. The van der Waals surface area contributed by atoms with Crippen LogP contribution in [0.1, 0.15) is 34.9 Å². The molecule has 0 saturated carbocycles. The minimum absolute atomic E-state index is 0.118. The number of amides is 1. The van der Waals surface area contributed by atoms with E-state index >= 15 is 0 Å². The van der Waals surface area contributed by atoms with Crippen molar-refractivity contribution in [1.29, 1.82) is 0 Å². The van der Waals surface area contributed by atoms with E-state index in [2.05, 4.69) is 14.9 Å². The van der Waals surface area contributed by atoms with Gasteiger partial charge in [0, 0.05) is 24.6 Å². The molecule has 0 bridgehead atoms. The highest BCUT2D eigenvalue weighted by Crippen LogP contribution is 2.32. The zero-order valence-corrected chi connectivity index (χ0v) is 17.1. The fourth-order valence-electron chi connectivity index (χ4n) is 3.69. The Kier molecular flexibility index (Phi) is 6.02. The molecule has 1 atom stereocenters. The third-order valence-corrected chi connectivity index (χ3v) is 5.19. The molecule has 0 radical (unpaired) electrons. The van der Waals surface area contributed by atoms with Crippen LogP contribution < -0.4 is 9.47 Å². The van der Waals surface area contributed by atoms with E-state index in [0.29, 0.717) is 36.1 Å². The number of likely N-dealkylation sites (tertiary alicyclic amines) is 1. The lowest BCUT2D eigenvalue weighted by molar-refractivity contribution is -0.274. The summed E-state index contributed by atoms with van der Waals surface area (Å²) in [4.78, 5) is 19.0. The van der Waals surface area contributed by atoms with Gasteiger partial charge in [0.25, 0.3) is 11.8 Å². The maximum absolute atomic E-state index is 12.9. The molecule has 1 saturated heterocycles. The first kappa shape index (κ1) is 21.7. The van der Waals surface area contributed by atoms with Gasteiger partial charge in [-0.1, -0.05) is 17.3 Å². The van der Waals surface area contributed by atoms with Crippen molar-refractivity contribution >= 4 is 5.91 Å². The van der Waals surface area contributed by atoms with Crippen LogP contribution in [-0.2, 0) is 0 Å². The molecule has 1 fully saturated rings. The van der Waals surface area contributed by atoms with Crippen molar-refractivity contribution in [3.8, 4) is 23.0 Å². The summed E-state index contributed by atoms with van der Waals surface area (Å²) in [5, 5.41) is 4.10. The number of para-hydroxylation sites is 1. The van der Waals surface area contributed by atoms with Crippen LogP contribution in [0.5, 0.6) is 11.5 Å². The van der Waals surface area contributed by atoms with Gasteiger partial charge in [-0.15, -0.1) is 13.2 Å². The van der Waals surface area contributed by atoms with E-state index in [1.54, 1.807) is 18.1 Å². The van der Waals surface area contributed by atoms with Crippen molar-refractivity contribution < 1.29 is 32.0 Å². The molecular weight excluding hydrogens is 427 g/mol. The Hall–Kier alpha value is -3.56. The fraction of sp³-hybridized carbons (Fsp3) is 0.318. The summed E-state index contributed by atoms with van der Waals surface area (Å²) in [5.74, 6) is 0.676. The highest BCUT2D eigenvalue weighted by atomic mass is 19.4. The average molecular weight is 447 g/mol. The van der Waals surface area contributed by atoms with Crippen LogP contribution in [0.4, 0.5) is 13.2 Å². The van der Waals surface area contributed by atoms with Crippen molar-refractivity contribution in [3.05, 3.63) is 59.9 Å². The lowest BCUT2D eigenvalue weighted by atomic mass is 9.96. The van der Waals surface area contributed by atoms with Gasteiger partial charge >= 0.3 is 6.36 Å². The largest absolute Gasteiger partial charge is 0.573 e. The van der Waals surface area contributed by atoms with E-state index in [1.165, 1.54) is 12.1 Å². The second-order valence-corrected chi connectivity index (χ2v) is 7.32. The van der Waals surface area contributed by atoms with Crippen LogP contribution >= 0.6 is 0 Å². The Labute approximate surface area is 181 Å². The highest BCUT2D eigenvalue weighted by Gasteiger charge is 2.32. The number of methoxy groups -OCH3 is 1. The third kappa shape index (κ3) is 4.84. The SMILES string of the molecule is COc1ccccc1-c1nc([C@H]2CCCN(C(=O)c3ccc(OC(F)(F)F)cc3)C2)no1. The molecule has 1 aliphatic rings. The minimum Gasteiger partial charge on any atom is -0.496 e. The first-order valence-electron chi connectivity index (χ1n) is 9.96. The van der Waals surface area contributed by atoms with Gasteiger partial charge in [0.05, 0.1) is 12.7 Å². The molecule has 1 aromatic heterocycles. The molecule has 1 amide bonds. The molecule has 1 aliphatic heterocycles. The zero-order chi connectivity index (χ0) is 22.7. The molecule has 3 aromatic rings. The van der Waals surface area contributed by atoms with Crippen LogP contribution in [0.2, 0.25) is 0 Å². The van der Waals surface area contributed by atoms with Crippen LogP contribution in [0.15, 0.2) is 53.1 Å². The Bertz CT molecular complexity index is 1080. The van der Waals surface area contributed by atoms with Gasteiger partial charge in [0.2, 0.25) is 0 Å². The third-order valence-electron chi connectivity index (χ3n) is 5.19.